The molecule has 0 aliphatic heterocycles. The highest BCUT2D eigenvalue weighted by atomic mass is 16.6. The van der Waals surface area contributed by atoms with Crippen molar-refractivity contribution >= 4 is 41.5 Å². The number of esters is 2. The lowest BCUT2D eigenvalue weighted by atomic mass is 10.0. The molecule has 1 unspecified atom stereocenters. The second-order valence-corrected chi connectivity index (χ2v) is 21.2. The second-order valence-electron chi connectivity index (χ2n) is 21.2. The number of likely N-dealkylation sites (N-methyl/N-ethyl adjacent to an activating group) is 1. The highest BCUT2D eigenvalue weighted by Gasteiger charge is 2.27. The molecule has 5 N–H and O–H groups in total. The highest BCUT2D eigenvalue weighted by molar-refractivity contribution is 5.85. The van der Waals surface area contributed by atoms with E-state index in [1.165, 1.54) is 51.4 Å². The Morgan fingerprint density at radius 2 is 0.861 bits per heavy atom. The smallest absolute Gasteiger partial charge is 0.329 e. The topological polar surface area (TPSA) is 243 Å². The van der Waals surface area contributed by atoms with Crippen LogP contribution in [0.5, 0.6) is 0 Å². The standard InChI is InChI=1S/C53H99N5O14/c1-52(2,3)71-50(65)28-24-20-18-16-14-12-10-9-11-13-15-17-19-22-26-46(60)57-44(51(66)72-53(4,5)6)29-30-45(59)55-32-36-67-38-41-70-43-48(62)56-33-37-68-39-40-69-42-47(61)54-31-35-58(7,8)34-25-21-23-27-49(63)64/h44H,9-43H2,1-8H3,(H4-,54,55,56,57,59,60,61,62,63,64)/p+1. The van der Waals surface area contributed by atoms with Crippen LogP contribution in [0, 0.1) is 0 Å². The summed E-state index contributed by atoms with van der Waals surface area (Å²) >= 11 is 0. The molecule has 0 spiro atoms. The first-order valence-electron chi connectivity index (χ1n) is 27.0. The minimum Gasteiger partial charge on any atom is -0.481 e. The number of unbranched alkanes of at least 4 members (excludes halogenated alkanes) is 15. The summed E-state index contributed by atoms with van der Waals surface area (Å²) in [5.74, 6) is -2.48. The molecule has 0 saturated heterocycles. The number of rotatable bonds is 47. The van der Waals surface area contributed by atoms with Gasteiger partial charge in [0.25, 0.3) is 0 Å². The minimum atomic E-state index is -0.938. The van der Waals surface area contributed by atoms with Crippen molar-refractivity contribution in [3.63, 3.8) is 0 Å². The van der Waals surface area contributed by atoms with Gasteiger partial charge in [-0.05, 0) is 80.1 Å². The Balaban J connectivity index is 3.96. The zero-order valence-corrected chi connectivity index (χ0v) is 46.0. The first kappa shape index (κ1) is 68.1. The fraction of sp³-hybridized carbons (Fsp3) is 0.868. The van der Waals surface area contributed by atoms with Crippen LogP contribution in [0.1, 0.15) is 183 Å². The van der Waals surface area contributed by atoms with Crippen LogP contribution in [0.25, 0.3) is 0 Å². The average molecular weight is 1030 g/mol. The van der Waals surface area contributed by atoms with Crippen LogP contribution < -0.4 is 21.3 Å². The van der Waals surface area contributed by atoms with E-state index in [2.05, 4.69) is 35.4 Å². The normalized spacial score (nSPS) is 12.2. The summed E-state index contributed by atoms with van der Waals surface area (Å²) < 4.78 is 33.3. The Kier molecular flexibility index (Phi) is 40.1. The number of quaternary nitrogens is 1. The van der Waals surface area contributed by atoms with Crippen molar-refractivity contribution in [1.29, 1.82) is 0 Å². The van der Waals surface area contributed by atoms with Crippen LogP contribution in [0.4, 0.5) is 0 Å². The zero-order valence-electron chi connectivity index (χ0n) is 46.0. The molecule has 19 heteroatoms. The van der Waals surface area contributed by atoms with Gasteiger partial charge in [0.2, 0.25) is 23.6 Å². The number of hydrogen-bond acceptors (Lipinski definition) is 13. The van der Waals surface area contributed by atoms with E-state index in [9.17, 15) is 33.6 Å². The Bertz CT molecular complexity index is 1480. The SMILES string of the molecule is CC(C)(C)OC(=O)CCCCCCCCCCCCCCCCC(=O)NC(CCC(=O)NCCOCCOCC(=O)NCCOCCOCC(=O)NCC[N+](C)(C)CCCCCC(=O)O)C(=O)OC(C)(C)C. The average Bonchev–Trinajstić information content (AvgIpc) is 3.27. The molecule has 19 nitrogen and oxygen atoms in total. The Labute approximate surface area is 432 Å². The monoisotopic (exact) mass is 1030 g/mol. The van der Waals surface area contributed by atoms with Crippen LogP contribution in [0.2, 0.25) is 0 Å². The van der Waals surface area contributed by atoms with Gasteiger partial charge in [-0.1, -0.05) is 77.0 Å². The molecule has 420 valence electrons. The van der Waals surface area contributed by atoms with E-state index in [0.717, 1.165) is 68.9 Å². The number of carbonyl (C=O) groups is 7. The molecule has 0 aromatic carbocycles. The third-order valence-electron chi connectivity index (χ3n) is 11.2. The highest BCUT2D eigenvalue weighted by Crippen LogP contribution is 2.16. The van der Waals surface area contributed by atoms with Crippen molar-refractivity contribution in [1.82, 2.24) is 21.3 Å². The number of carboxylic acid groups (broad SMARTS) is 1. The molecule has 0 bridgehead atoms. The van der Waals surface area contributed by atoms with E-state index < -0.39 is 29.2 Å². The quantitative estimate of drug-likeness (QED) is 0.0255. The molecule has 0 aromatic heterocycles. The van der Waals surface area contributed by atoms with Crippen molar-refractivity contribution < 1.29 is 71.6 Å². The Morgan fingerprint density at radius 3 is 1.35 bits per heavy atom. The second kappa shape index (κ2) is 42.4. The maximum Gasteiger partial charge on any atom is 0.329 e. The lowest BCUT2D eigenvalue weighted by Crippen LogP contribution is -2.46. The van der Waals surface area contributed by atoms with Gasteiger partial charge in [0, 0.05) is 38.8 Å². The number of amides is 4. The van der Waals surface area contributed by atoms with Gasteiger partial charge in [-0.3, -0.25) is 28.8 Å². The molecule has 4 amide bonds. The van der Waals surface area contributed by atoms with Gasteiger partial charge >= 0.3 is 17.9 Å². The summed E-state index contributed by atoms with van der Waals surface area (Å²) in [6, 6.07) is -0.938. The van der Waals surface area contributed by atoms with Crippen LogP contribution in [-0.4, -0.2) is 168 Å². The van der Waals surface area contributed by atoms with Crippen molar-refractivity contribution in [3.8, 4) is 0 Å². The Morgan fingerprint density at radius 1 is 0.444 bits per heavy atom. The fourth-order valence-corrected chi connectivity index (χ4v) is 7.32. The molecule has 0 saturated carbocycles. The van der Waals surface area contributed by atoms with Gasteiger partial charge in [-0.15, -0.1) is 0 Å². The number of aliphatic carboxylic acids is 1. The molecule has 1 atom stereocenters. The van der Waals surface area contributed by atoms with Gasteiger partial charge in [0.05, 0.1) is 73.4 Å². The van der Waals surface area contributed by atoms with Gasteiger partial charge in [-0.2, -0.15) is 0 Å². The number of ether oxygens (including phenoxy) is 6. The molecular weight excluding hydrogens is 931 g/mol. The van der Waals surface area contributed by atoms with E-state index in [1.54, 1.807) is 20.8 Å². The van der Waals surface area contributed by atoms with Crippen LogP contribution in [0.15, 0.2) is 0 Å². The molecule has 0 aliphatic carbocycles. The van der Waals surface area contributed by atoms with E-state index in [4.69, 9.17) is 33.5 Å². The predicted octanol–water partition coefficient (Wildman–Crippen LogP) is 6.31. The van der Waals surface area contributed by atoms with E-state index in [1.807, 2.05) is 20.8 Å². The van der Waals surface area contributed by atoms with Crippen molar-refractivity contribution in [3.05, 3.63) is 0 Å². The number of carboxylic acids is 1. The largest absolute Gasteiger partial charge is 0.481 e. The maximum atomic E-state index is 12.9. The van der Waals surface area contributed by atoms with Crippen molar-refractivity contribution in [2.24, 2.45) is 0 Å². The zero-order chi connectivity index (χ0) is 53.9. The summed E-state index contributed by atoms with van der Waals surface area (Å²) in [7, 11) is 4.16. The minimum absolute atomic E-state index is 0.0129. The van der Waals surface area contributed by atoms with Gasteiger partial charge in [-0.25, -0.2) is 4.79 Å². The van der Waals surface area contributed by atoms with Gasteiger partial charge in [0.15, 0.2) is 0 Å². The van der Waals surface area contributed by atoms with Crippen LogP contribution in [0.3, 0.4) is 0 Å². The van der Waals surface area contributed by atoms with E-state index >= 15 is 0 Å². The van der Waals surface area contributed by atoms with E-state index in [0.29, 0.717) is 25.8 Å². The first-order valence-corrected chi connectivity index (χ1v) is 27.0. The van der Waals surface area contributed by atoms with Gasteiger partial charge in [0.1, 0.15) is 30.5 Å². The third kappa shape index (κ3) is 48.4. The van der Waals surface area contributed by atoms with E-state index in [-0.39, 0.29) is 115 Å². The third-order valence-corrected chi connectivity index (χ3v) is 11.2. The summed E-state index contributed by atoms with van der Waals surface area (Å²) in [6.07, 6.45) is 19.2. The number of carbonyl (C=O) groups excluding carboxylic acids is 6. The summed E-state index contributed by atoms with van der Waals surface area (Å²) in [5, 5.41) is 19.8. The molecule has 0 rings (SSSR count). The lowest BCUT2D eigenvalue weighted by molar-refractivity contribution is -0.889. The molecule has 0 fully saturated rings. The van der Waals surface area contributed by atoms with Crippen LogP contribution in [-0.2, 0) is 62.0 Å². The summed E-state index contributed by atoms with van der Waals surface area (Å²) in [4.78, 5) is 84.8. The summed E-state index contributed by atoms with van der Waals surface area (Å²) in [5.41, 5.74) is -1.16. The van der Waals surface area contributed by atoms with Crippen molar-refractivity contribution in [2.45, 2.75) is 200 Å². The van der Waals surface area contributed by atoms with Gasteiger partial charge < -0.3 is 59.3 Å². The molecule has 0 aromatic rings. The Hall–Kier alpha value is -3.91. The predicted molar refractivity (Wildman–Crippen MR) is 277 cm³/mol. The van der Waals surface area contributed by atoms with Crippen molar-refractivity contribution in [2.75, 3.05) is 99.7 Å². The maximum absolute atomic E-state index is 12.9. The first-order chi connectivity index (χ1) is 34.1. The fourth-order valence-electron chi connectivity index (χ4n) is 7.32. The summed E-state index contributed by atoms with van der Waals surface area (Å²) in [6.45, 7) is 14.8. The number of hydrogen-bond donors (Lipinski definition) is 5. The number of nitrogens with zero attached hydrogens (tertiary/aromatic N) is 1. The van der Waals surface area contributed by atoms with Crippen LogP contribution >= 0.6 is 0 Å². The molecular formula is C53H100N5O14+. The molecule has 72 heavy (non-hydrogen) atoms. The number of nitrogens with one attached hydrogen (secondary N) is 4. The molecule has 0 aliphatic rings. The lowest BCUT2D eigenvalue weighted by Gasteiger charge is -2.29. The molecule has 0 heterocycles. The molecule has 0 radical (unpaired) electrons.